The molecule has 0 aromatic heterocycles. The Bertz CT molecular complexity index is 256. The second-order valence-electron chi connectivity index (χ2n) is 5.60. The smallest absolute Gasteiger partial charge is 0.109 e. The Hall–Kier alpha value is -0.590. The standard InChI is InChI=1S/C13H25N3/c1-11-5-6-12(2)13(9-11,10-14)15-7-8-16(3)4/h11-12,15H,5-9H2,1-4H3. The van der Waals surface area contributed by atoms with Gasteiger partial charge in [-0.15, -0.1) is 0 Å². The summed E-state index contributed by atoms with van der Waals surface area (Å²) in [6, 6.07) is 2.54. The monoisotopic (exact) mass is 223 g/mol. The lowest BCUT2D eigenvalue weighted by Crippen LogP contribution is -2.54. The highest BCUT2D eigenvalue weighted by atomic mass is 15.1. The molecule has 1 fully saturated rings. The molecule has 92 valence electrons. The molecule has 0 amide bonds. The predicted molar refractivity (Wildman–Crippen MR) is 67.1 cm³/mol. The van der Waals surface area contributed by atoms with Gasteiger partial charge in [0.2, 0.25) is 0 Å². The van der Waals surface area contributed by atoms with Gasteiger partial charge in [-0.3, -0.25) is 5.32 Å². The Morgan fingerprint density at radius 1 is 1.38 bits per heavy atom. The average molecular weight is 223 g/mol. The van der Waals surface area contributed by atoms with Crippen LogP contribution in [-0.4, -0.2) is 37.6 Å². The van der Waals surface area contributed by atoms with Crippen molar-refractivity contribution in [3.63, 3.8) is 0 Å². The summed E-state index contributed by atoms with van der Waals surface area (Å²) >= 11 is 0. The number of hydrogen-bond donors (Lipinski definition) is 1. The third-order valence-electron chi connectivity index (χ3n) is 3.80. The van der Waals surface area contributed by atoms with Gasteiger partial charge in [-0.1, -0.05) is 20.3 Å². The van der Waals surface area contributed by atoms with Crippen molar-refractivity contribution >= 4 is 0 Å². The highest BCUT2D eigenvalue weighted by Crippen LogP contribution is 2.36. The minimum absolute atomic E-state index is 0.284. The summed E-state index contributed by atoms with van der Waals surface area (Å²) in [5.74, 6) is 1.14. The highest BCUT2D eigenvalue weighted by Gasteiger charge is 2.40. The molecular formula is C13H25N3. The van der Waals surface area contributed by atoms with Gasteiger partial charge in [0, 0.05) is 13.1 Å². The number of nitrogens with zero attached hydrogens (tertiary/aromatic N) is 2. The third kappa shape index (κ3) is 3.20. The first-order valence-corrected chi connectivity index (χ1v) is 6.31. The molecule has 0 aliphatic heterocycles. The largest absolute Gasteiger partial charge is 0.308 e. The summed E-state index contributed by atoms with van der Waals surface area (Å²) in [5.41, 5.74) is -0.284. The summed E-state index contributed by atoms with van der Waals surface area (Å²) in [4.78, 5) is 2.15. The molecule has 3 nitrogen and oxygen atoms in total. The van der Waals surface area contributed by atoms with Crippen LogP contribution in [-0.2, 0) is 0 Å². The molecule has 0 aromatic carbocycles. The van der Waals surface area contributed by atoms with Crippen LogP contribution in [0.2, 0.25) is 0 Å². The zero-order valence-corrected chi connectivity index (χ0v) is 11.1. The van der Waals surface area contributed by atoms with Gasteiger partial charge in [-0.2, -0.15) is 5.26 Å². The van der Waals surface area contributed by atoms with Crippen LogP contribution in [0, 0.1) is 23.2 Å². The zero-order chi connectivity index (χ0) is 12.2. The highest BCUT2D eigenvalue weighted by molar-refractivity contribution is 5.12. The van der Waals surface area contributed by atoms with E-state index in [0.29, 0.717) is 11.8 Å². The van der Waals surface area contributed by atoms with Gasteiger partial charge in [-0.25, -0.2) is 0 Å². The van der Waals surface area contributed by atoms with E-state index < -0.39 is 0 Å². The Kier molecular flexibility index (Phi) is 4.76. The van der Waals surface area contributed by atoms with Crippen LogP contribution in [0.4, 0.5) is 0 Å². The molecule has 3 unspecified atom stereocenters. The Morgan fingerprint density at radius 2 is 2.06 bits per heavy atom. The molecule has 3 atom stereocenters. The molecule has 0 bridgehead atoms. The summed E-state index contributed by atoms with van der Waals surface area (Å²) < 4.78 is 0. The van der Waals surface area contributed by atoms with Crippen LogP contribution >= 0.6 is 0 Å². The topological polar surface area (TPSA) is 39.1 Å². The molecule has 1 saturated carbocycles. The lowest BCUT2D eigenvalue weighted by Gasteiger charge is -2.40. The van der Waals surface area contributed by atoms with Crippen molar-refractivity contribution in [1.29, 1.82) is 5.26 Å². The summed E-state index contributed by atoms with van der Waals surface area (Å²) in [6.45, 7) is 6.35. The van der Waals surface area contributed by atoms with Gasteiger partial charge < -0.3 is 4.90 Å². The predicted octanol–water partition coefficient (Wildman–Crippen LogP) is 1.86. The van der Waals surface area contributed by atoms with E-state index in [-0.39, 0.29) is 5.54 Å². The van der Waals surface area contributed by atoms with Gasteiger partial charge in [0.15, 0.2) is 0 Å². The first kappa shape index (κ1) is 13.5. The van der Waals surface area contributed by atoms with Crippen LogP contribution in [0.3, 0.4) is 0 Å². The fourth-order valence-corrected chi connectivity index (χ4v) is 2.58. The van der Waals surface area contributed by atoms with Gasteiger partial charge in [0.05, 0.1) is 6.07 Å². The SMILES string of the molecule is CC1CCC(C)C(C#N)(NCCN(C)C)C1. The fraction of sp³-hybridized carbons (Fsp3) is 0.923. The molecule has 0 radical (unpaired) electrons. The molecular weight excluding hydrogens is 198 g/mol. The molecule has 0 heterocycles. The lowest BCUT2D eigenvalue weighted by molar-refractivity contribution is 0.167. The van der Waals surface area contributed by atoms with E-state index in [0.717, 1.165) is 19.5 Å². The first-order valence-electron chi connectivity index (χ1n) is 6.31. The molecule has 1 aliphatic rings. The van der Waals surface area contributed by atoms with Crippen molar-refractivity contribution in [2.45, 2.75) is 38.6 Å². The molecule has 3 heteroatoms. The fourth-order valence-electron chi connectivity index (χ4n) is 2.58. The molecule has 0 aromatic rings. The van der Waals surface area contributed by atoms with Crippen LogP contribution < -0.4 is 5.32 Å². The lowest BCUT2D eigenvalue weighted by atomic mass is 9.70. The van der Waals surface area contributed by atoms with Crippen molar-refractivity contribution in [3.8, 4) is 6.07 Å². The van der Waals surface area contributed by atoms with Crippen LogP contribution in [0.25, 0.3) is 0 Å². The van der Waals surface area contributed by atoms with Crippen LogP contribution in [0.1, 0.15) is 33.1 Å². The molecule has 1 aliphatic carbocycles. The Balaban J connectivity index is 2.57. The maximum Gasteiger partial charge on any atom is 0.109 e. The first-order chi connectivity index (χ1) is 7.50. The maximum absolute atomic E-state index is 9.47. The quantitative estimate of drug-likeness (QED) is 0.790. The number of nitriles is 1. The zero-order valence-electron chi connectivity index (χ0n) is 11.1. The average Bonchev–Trinajstić information content (AvgIpc) is 2.22. The van der Waals surface area contributed by atoms with Crippen molar-refractivity contribution in [1.82, 2.24) is 10.2 Å². The van der Waals surface area contributed by atoms with Crippen molar-refractivity contribution in [2.24, 2.45) is 11.8 Å². The van der Waals surface area contributed by atoms with Crippen molar-refractivity contribution in [3.05, 3.63) is 0 Å². The molecule has 1 N–H and O–H groups in total. The number of rotatable bonds is 4. The maximum atomic E-state index is 9.47. The van der Waals surface area contributed by atoms with E-state index in [2.05, 4.69) is 44.2 Å². The third-order valence-corrected chi connectivity index (χ3v) is 3.80. The van der Waals surface area contributed by atoms with E-state index in [1.165, 1.54) is 12.8 Å². The summed E-state index contributed by atoms with van der Waals surface area (Å²) in [7, 11) is 4.13. The number of nitrogens with one attached hydrogen (secondary N) is 1. The van der Waals surface area contributed by atoms with Crippen LogP contribution in [0.15, 0.2) is 0 Å². The number of hydrogen-bond acceptors (Lipinski definition) is 3. The van der Waals surface area contributed by atoms with Crippen LogP contribution in [0.5, 0.6) is 0 Å². The Morgan fingerprint density at radius 3 is 2.62 bits per heavy atom. The van der Waals surface area contributed by atoms with Crippen molar-refractivity contribution in [2.75, 3.05) is 27.2 Å². The van der Waals surface area contributed by atoms with Gasteiger partial charge in [0.1, 0.15) is 5.54 Å². The molecule has 0 saturated heterocycles. The summed E-state index contributed by atoms with van der Waals surface area (Å²) in [6.07, 6.45) is 3.43. The van der Waals surface area contributed by atoms with Gasteiger partial charge >= 0.3 is 0 Å². The summed E-state index contributed by atoms with van der Waals surface area (Å²) in [5, 5.41) is 13.0. The minimum atomic E-state index is -0.284. The van der Waals surface area contributed by atoms with Gasteiger partial charge in [0.25, 0.3) is 0 Å². The van der Waals surface area contributed by atoms with E-state index in [1.54, 1.807) is 0 Å². The molecule has 16 heavy (non-hydrogen) atoms. The van der Waals surface area contributed by atoms with E-state index in [9.17, 15) is 5.26 Å². The van der Waals surface area contributed by atoms with Crippen molar-refractivity contribution < 1.29 is 0 Å². The molecule has 1 rings (SSSR count). The normalized spacial score (nSPS) is 35.0. The Labute approximate surface area is 99.8 Å². The number of likely N-dealkylation sites (N-methyl/N-ethyl adjacent to an activating group) is 1. The van der Waals surface area contributed by atoms with E-state index in [1.807, 2.05) is 0 Å². The van der Waals surface area contributed by atoms with E-state index >= 15 is 0 Å². The second-order valence-corrected chi connectivity index (χ2v) is 5.60. The molecule has 0 spiro atoms. The second kappa shape index (κ2) is 5.65. The van der Waals surface area contributed by atoms with E-state index in [4.69, 9.17) is 0 Å². The van der Waals surface area contributed by atoms with Gasteiger partial charge in [-0.05, 0) is 38.8 Å². The minimum Gasteiger partial charge on any atom is -0.308 e.